The SMILES string of the molecule is O=C(NCCc1ccccc1)[C@@H]1CN(C(=O)Cc2ccccc2)c2ccccc2O1. The number of nitrogens with zero attached hydrogens (tertiary/aromatic N) is 1. The highest BCUT2D eigenvalue weighted by Gasteiger charge is 2.33. The molecule has 1 N–H and O–H groups in total. The van der Waals surface area contributed by atoms with Crippen molar-refractivity contribution in [2.75, 3.05) is 18.0 Å². The highest BCUT2D eigenvalue weighted by molar-refractivity contribution is 5.98. The number of amides is 2. The molecular weight excluding hydrogens is 376 g/mol. The lowest BCUT2D eigenvalue weighted by Gasteiger charge is -2.34. The normalized spacial score (nSPS) is 15.1. The molecule has 30 heavy (non-hydrogen) atoms. The van der Waals surface area contributed by atoms with Gasteiger partial charge in [0.05, 0.1) is 18.7 Å². The Bertz CT molecular complexity index is 1010. The maximum absolute atomic E-state index is 13.0. The van der Waals surface area contributed by atoms with Gasteiger partial charge in [-0.25, -0.2) is 0 Å². The molecule has 1 aliphatic heterocycles. The lowest BCUT2D eigenvalue weighted by molar-refractivity contribution is -0.128. The quantitative estimate of drug-likeness (QED) is 0.690. The Kier molecular flexibility index (Phi) is 6.09. The van der Waals surface area contributed by atoms with Crippen molar-refractivity contribution in [1.82, 2.24) is 5.32 Å². The van der Waals surface area contributed by atoms with E-state index < -0.39 is 6.10 Å². The predicted molar refractivity (Wildman–Crippen MR) is 117 cm³/mol. The van der Waals surface area contributed by atoms with E-state index in [4.69, 9.17) is 4.74 Å². The van der Waals surface area contributed by atoms with Gasteiger partial charge in [0.15, 0.2) is 6.10 Å². The first-order valence-electron chi connectivity index (χ1n) is 10.1. The number of ether oxygens (including phenoxy) is 1. The molecule has 0 saturated heterocycles. The Labute approximate surface area is 176 Å². The maximum atomic E-state index is 13.0. The van der Waals surface area contributed by atoms with Gasteiger partial charge in [0.25, 0.3) is 5.91 Å². The van der Waals surface area contributed by atoms with Crippen molar-refractivity contribution in [2.24, 2.45) is 0 Å². The molecule has 0 radical (unpaired) electrons. The molecule has 5 nitrogen and oxygen atoms in total. The van der Waals surface area contributed by atoms with Crippen molar-refractivity contribution in [3.63, 3.8) is 0 Å². The molecule has 2 amide bonds. The van der Waals surface area contributed by atoms with Gasteiger partial charge in [0, 0.05) is 6.54 Å². The smallest absolute Gasteiger partial charge is 0.262 e. The first kappa shape index (κ1) is 19.7. The van der Waals surface area contributed by atoms with E-state index in [9.17, 15) is 9.59 Å². The molecule has 1 aliphatic rings. The summed E-state index contributed by atoms with van der Waals surface area (Å²) in [5.41, 5.74) is 2.80. The second kappa shape index (κ2) is 9.27. The van der Waals surface area contributed by atoms with Crippen LogP contribution in [0.2, 0.25) is 0 Å². The summed E-state index contributed by atoms with van der Waals surface area (Å²) in [6.07, 6.45) is 0.278. The summed E-state index contributed by atoms with van der Waals surface area (Å²) in [6, 6.07) is 27.0. The van der Waals surface area contributed by atoms with Crippen LogP contribution in [0.4, 0.5) is 5.69 Å². The number of carbonyl (C=O) groups is 2. The second-order valence-corrected chi connectivity index (χ2v) is 7.27. The molecule has 4 rings (SSSR count). The second-order valence-electron chi connectivity index (χ2n) is 7.27. The Balaban J connectivity index is 1.44. The number of nitrogens with one attached hydrogen (secondary N) is 1. The first-order valence-corrected chi connectivity index (χ1v) is 10.1. The minimum atomic E-state index is -0.740. The van der Waals surface area contributed by atoms with Crippen molar-refractivity contribution in [3.05, 3.63) is 96.1 Å². The van der Waals surface area contributed by atoms with Crippen molar-refractivity contribution < 1.29 is 14.3 Å². The molecular formula is C25H24N2O3. The number of fused-ring (bicyclic) bond motifs is 1. The number of rotatable bonds is 6. The van der Waals surface area contributed by atoms with Crippen LogP contribution in [0, 0.1) is 0 Å². The molecule has 0 saturated carbocycles. The Morgan fingerprint density at radius 1 is 0.867 bits per heavy atom. The summed E-state index contributed by atoms with van der Waals surface area (Å²) in [4.78, 5) is 27.4. The number of carbonyl (C=O) groups excluding carboxylic acids is 2. The highest BCUT2D eigenvalue weighted by Crippen LogP contribution is 2.33. The first-order chi connectivity index (χ1) is 14.7. The van der Waals surface area contributed by atoms with Crippen molar-refractivity contribution in [2.45, 2.75) is 18.9 Å². The maximum Gasteiger partial charge on any atom is 0.262 e. The number of benzene rings is 3. The summed E-state index contributed by atoms with van der Waals surface area (Å²) < 4.78 is 5.92. The topological polar surface area (TPSA) is 58.6 Å². The number of anilines is 1. The minimum absolute atomic E-state index is 0.0564. The summed E-state index contributed by atoms with van der Waals surface area (Å²) in [6.45, 7) is 0.710. The van der Waals surface area contributed by atoms with E-state index in [0.717, 1.165) is 17.5 Å². The molecule has 1 atom stereocenters. The molecule has 0 aliphatic carbocycles. The van der Waals surface area contributed by atoms with E-state index in [1.807, 2.05) is 78.9 Å². The van der Waals surface area contributed by atoms with Gasteiger partial charge in [-0.05, 0) is 29.7 Å². The zero-order valence-corrected chi connectivity index (χ0v) is 16.7. The molecule has 0 spiro atoms. The molecule has 0 fully saturated rings. The van der Waals surface area contributed by atoms with Crippen LogP contribution in [0.15, 0.2) is 84.9 Å². The zero-order chi connectivity index (χ0) is 20.8. The minimum Gasteiger partial charge on any atom is -0.477 e. The summed E-state index contributed by atoms with van der Waals surface area (Å²) in [7, 11) is 0. The predicted octanol–water partition coefficient (Wildman–Crippen LogP) is 3.38. The third-order valence-electron chi connectivity index (χ3n) is 5.12. The van der Waals surface area contributed by atoms with E-state index in [2.05, 4.69) is 5.32 Å². The van der Waals surface area contributed by atoms with Crippen LogP contribution in [0.25, 0.3) is 0 Å². The monoisotopic (exact) mass is 400 g/mol. The number of hydrogen-bond acceptors (Lipinski definition) is 3. The van der Waals surface area contributed by atoms with Crippen LogP contribution in [-0.4, -0.2) is 31.0 Å². The summed E-state index contributed by atoms with van der Waals surface area (Å²) in [5, 5.41) is 2.94. The summed E-state index contributed by atoms with van der Waals surface area (Å²) in [5.74, 6) is 0.283. The lowest BCUT2D eigenvalue weighted by atomic mass is 10.1. The van der Waals surface area contributed by atoms with Crippen molar-refractivity contribution in [1.29, 1.82) is 0 Å². The molecule has 152 valence electrons. The van der Waals surface area contributed by atoms with Crippen LogP contribution >= 0.6 is 0 Å². The standard InChI is InChI=1S/C25H24N2O3/c28-24(17-20-11-5-2-6-12-20)27-18-23(30-22-14-8-7-13-21(22)27)25(29)26-16-15-19-9-3-1-4-10-19/h1-14,23H,15-18H2,(H,26,29)/t23-/m0/s1. The van der Waals surface area contributed by atoms with Crippen LogP contribution in [-0.2, 0) is 22.4 Å². The Morgan fingerprint density at radius 2 is 1.50 bits per heavy atom. The Hall–Kier alpha value is -3.60. The average Bonchev–Trinajstić information content (AvgIpc) is 2.79. The molecule has 0 bridgehead atoms. The van der Waals surface area contributed by atoms with Crippen LogP contribution in [0.1, 0.15) is 11.1 Å². The van der Waals surface area contributed by atoms with Crippen molar-refractivity contribution >= 4 is 17.5 Å². The number of para-hydroxylation sites is 2. The number of hydrogen-bond donors (Lipinski definition) is 1. The zero-order valence-electron chi connectivity index (χ0n) is 16.7. The van der Waals surface area contributed by atoms with E-state index in [1.165, 1.54) is 0 Å². The van der Waals surface area contributed by atoms with Gasteiger partial charge in [-0.1, -0.05) is 72.8 Å². The van der Waals surface area contributed by atoms with E-state index in [0.29, 0.717) is 18.0 Å². The van der Waals surface area contributed by atoms with Gasteiger partial charge < -0.3 is 15.0 Å². The fourth-order valence-electron chi connectivity index (χ4n) is 3.56. The third-order valence-corrected chi connectivity index (χ3v) is 5.12. The van der Waals surface area contributed by atoms with E-state index in [1.54, 1.807) is 11.0 Å². The molecule has 3 aromatic rings. The Morgan fingerprint density at radius 3 is 2.23 bits per heavy atom. The van der Waals surface area contributed by atoms with Gasteiger partial charge in [0.1, 0.15) is 5.75 Å². The van der Waals surface area contributed by atoms with Crippen LogP contribution in [0.3, 0.4) is 0 Å². The summed E-state index contributed by atoms with van der Waals surface area (Å²) >= 11 is 0. The van der Waals surface area contributed by atoms with Gasteiger partial charge >= 0.3 is 0 Å². The molecule has 3 aromatic carbocycles. The molecule has 0 aromatic heterocycles. The van der Waals surface area contributed by atoms with Crippen LogP contribution in [0.5, 0.6) is 5.75 Å². The highest BCUT2D eigenvalue weighted by atomic mass is 16.5. The van der Waals surface area contributed by atoms with Gasteiger partial charge in [-0.3, -0.25) is 9.59 Å². The molecule has 0 unspecified atom stereocenters. The lowest BCUT2D eigenvalue weighted by Crippen LogP contribution is -2.51. The average molecular weight is 400 g/mol. The third kappa shape index (κ3) is 4.69. The van der Waals surface area contributed by atoms with Gasteiger partial charge in [-0.15, -0.1) is 0 Å². The molecule has 1 heterocycles. The van der Waals surface area contributed by atoms with E-state index in [-0.39, 0.29) is 24.8 Å². The van der Waals surface area contributed by atoms with Gasteiger partial charge in [-0.2, -0.15) is 0 Å². The van der Waals surface area contributed by atoms with Crippen molar-refractivity contribution in [3.8, 4) is 5.75 Å². The largest absolute Gasteiger partial charge is 0.477 e. The molecule has 5 heteroatoms. The fourth-order valence-corrected chi connectivity index (χ4v) is 3.56. The van der Waals surface area contributed by atoms with E-state index >= 15 is 0 Å². The fraction of sp³-hybridized carbons (Fsp3) is 0.200. The van der Waals surface area contributed by atoms with Crippen LogP contribution < -0.4 is 15.0 Å². The van der Waals surface area contributed by atoms with Gasteiger partial charge in [0.2, 0.25) is 5.91 Å².